The number of nitrogens with zero attached hydrogens (tertiary/aromatic N) is 2. The van der Waals surface area contributed by atoms with Crippen LogP contribution in [-0.4, -0.2) is 88.7 Å². The smallest absolute Gasteiger partial charge is 0.410 e. The Hall–Kier alpha value is -4.63. The van der Waals surface area contributed by atoms with Crippen LogP contribution >= 0.6 is 11.6 Å². The quantitative estimate of drug-likeness (QED) is 0.313. The van der Waals surface area contributed by atoms with E-state index in [1.165, 1.54) is 9.80 Å². The molecule has 0 spiro atoms. The molecule has 5 amide bonds. The summed E-state index contributed by atoms with van der Waals surface area (Å²) in [4.78, 5) is 72.5. The molecule has 3 heterocycles. The molecule has 2 aromatic carbocycles. The van der Waals surface area contributed by atoms with Gasteiger partial charge in [-0.05, 0) is 88.5 Å². The van der Waals surface area contributed by atoms with Gasteiger partial charge in [-0.15, -0.1) is 0 Å². The number of allylic oxidation sites excluding steroid dienone is 1. The molecule has 0 unspecified atom stereocenters. The van der Waals surface area contributed by atoms with Gasteiger partial charge in [0.1, 0.15) is 29.3 Å². The van der Waals surface area contributed by atoms with Crippen molar-refractivity contribution < 1.29 is 41.9 Å². The first-order chi connectivity index (χ1) is 27.5. The number of hydrogen-bond acceptors (Lipinski definition) is 9. The van der Waals surface area contributed by atoms with Crippen LogP contribution in [0.1, 0.15) is 95.2 Å². The lowest BCUT2D eigenvalue weighted by Crippen LogP contribution is -2.59. The Morgan fingerprint density at radius 3 is 2.47 bits per heavy atom. The molecule has 14 nitrogen and oxygen atoms in total. The lowest BCUT2D eigenvalue weighted by atomic mass is 10.0. The molecule has 2 aromatic rings. The number of alkyl carbamates (subject to hydrolysis) is 1. The molecule has 3 N–H and O–H groups in total. The number of nitrogens with one attached hydrogen (secondary N) is 3. The lowest BCUT2D eigenvalue weighted by molar-refractivity contribution is -0.141. The van der Waals surface area contributed by atoms with Crippen LogP contribution in [-0.2, 0) is 53.4 Å². The summed E-state index contributed by atoms with van der Waals surface area (Å²) in [6.45, 7) is 5.48. The summed E-state index contributed by atoms with van der Waals surface area (Å²) in [6.07, 6.45) is 5.50. The van der Waals surface area contributed by atoms with E-state index in [1.54, 1.807) is 26.8 Å². The first-order valence-corrected chi connectivity index (χ1v) is 22.0. The van der Waals surface area contributed by atoms with Crippen molar-refractivity contribution in [1.82, 2.24) is 25.2 Å². The largest absolute Gasteiger partial charge is 0.444 e. The Bertz CT molecular complexity index is 2090. The van der Waals surface area contributed by atoms with Crippen LogP contribution in [0.5, 0.6) is 0 Å². The van der Waals surface area contributed by atoms with Crippen LogP contribution in [0.25, 0.3) is 0 Å². The summed E-state index contributed by atoms with van der Waals surface area (Å²) >= 11 is 6.39. The minimum absolute atomic E-state index is 0.0965. The van der Waals surface area contributed by atoms with Crippen molar-refractivity contribution in [1.29, 1.82) is 0 Å². The van der Waals surface area contributed by atoms with E-state index in [-0.39, 0.29) is 45.3 Å². The van der Waals surface area contributed by atoms with Gasteiger partial charge in [-0.2, -0.15) is 0 Å². The van der Waals surface area contributed by atoms with Gasteiger partial charge in [0, 0.05) is 23.9 Å². The van der Waals surface area contributed by atoms with Gasteiger partial charge >= 0.3 is 12.2 Å². The van der Waals surface area contributed by atoms with Crippen molar-refractivity contribution in [2.75, 3.05) is 6.54 Å². The highest BCUT2D eigenvalue weighted by molar-refractivity contribution is 7.91. The number of benzene rings is 2. The van der Waals surface area contributed by atoms with Crippen molar-refractivity contribution in [2.45, 2.75) is 132 Å². The monoisotopic (exact) mass is 837 g/mol. The maximum absolute atomic E-state index is 14.5. The second-order valence-electron chi connectivity index (χ2n) is 17.3. The van der Waals surface area contributed by atoms with Gasteiger partial charge in [0.2, 0.25) is 21.8 Å². The Morgan fingerprint density at radius 1 is 1.00 bits per heavy atom. The molecule has 2 saturated carbocycles. The summed E-state index contributed by atoms with van der Waals surface area (Å²) in [5.74, 6) is -2.60. The average Bonchev–Trinajstić information content (AvgIpc) is 3.98. The molecule has 3 fully saturated rings. The molecule has 0 aromatic heterocycles. The minimum Gasteiger partial charge on any atom is -0.444 e. The summed E-state index contributed by atoms with van der Waals surface area (Å²) in [5.41, 5.74) is 0.113. The first kappa shape index (κ1) is 41.5. The van der Waals surface area contributed by atoms with Crippen LogP contribution < -0.4 is 15.4 Å². The molecule has 2 aliphatic carbocycles. The number of rotatable bonds is 7. The van der Waals surface area contributed by atoms with E-state index >= 15 is 0 Å². The third-order valence-corrected chi connectivity index (χ3v) is 14.3. The van der Waals surface area contributed by atoms with E-state index in [4.69, 9.17) is 21.1 Å². The van der Waals surface area contributed by atoms with Gasteiger partial charge in [-0.3, -0.25) is 24.0 Å². The predicted octanol–water partition coefficient (Wildman–Crippen LogP) is 5.27. The van der Waals surface area contributed by atoms with Crippen LogP contribution in [0.4, 0.5) is 9.59 Å². The maximum Gasteiger partial charge on any atom is 0.410 e. The molecule has 5 atom stereocenters. The number of amides is 5. The Balaban J connectivity index is 1.13. The lowest BCUT2D eigenvalue weighted by Gasteiger charge is -2.30. The molecule has 312 valence electrons. The second-order valence-corrected chi connectivity index (χ2v) is 19.8. The highest BCUT2D eigenvalue weighted by Gasteiger charge is 2.64. The third-order valence-electron chi connectivity index (χ3n) is 11.8. The van der Waals surface area contributed by atoms with E-state index in [0.29, 0.717) is 30.7 Å². The number of carbonyl (C=O) groups excluding carboxylic acids is 5. The predicted molar refractivity (Wildman–Crippen MR) is 215 cm³/mol. The molecule has 0 bridgehead atoms. The van der Waals surface area contributed by atoms with E-state index in [9.17, 15) is 32.4 Å². The molecule has 0 radical (unpaired) electrons. The molecular formula is C42H52ClN5O9S. The zero-order chi connectivity index (χ0) is 41.5. The van der Waals surface area contributed by atoms with Crippen molar-refractivity contribution in [3.8, 4) is 0 Å². The van der Waals surface area contributed by atoms with Gasteiger partial charge in [-0.1, -0.05) is 79.1 Å². The van der Waals surface area contributed by atoms with Crippen molar-refractivity contribution in [3.05, 3.63) is 82.4 Å². The Morgan fingerprint density at radius 2 is 1.76 bits per heavy atom. The van der Waals surface area contributed by atoms with Crippen molar-refractivity contribution >= 4 is 51.5 Å². The molecule has 7 rings (SSSR count). The number of halogens is 1. The van der Waals surface area contributed by atoms with E-state index in [1.807, 2.05) is 54.6 Å². The number of fused-ring (bicyclic) bond motifs is 3. The number of ether oxygens (including phenoxy) is 2. The number of hydrogen-bond donors (Lipinski definition) is 3. The summed E-state index contributed by atoms with van der Waals surface area (Å²) < 4.78 is 40.4. The molecular weight excluding hydrogens is 786 g/mol. The fourth-order valence-electron chi connectivity index (χ4n) is 8.31. The molecule has 5 aliphatic rings. The molecule has 1 saturated heterocycles. The van der Waals surface area contributed by atoms with Gasteiger partial charge in [0.05, 0.1) is 17.8 Å². The standard InChI is InChI=1S/C42H52ClN5O9S/c1-40(2,3)57-38(52)44-33-18-11-6-4-5-10-16-29-23-42(29,37(51)46-58(54,55)41(19-20-41)22-27-13-8-7-9-14-27)45-35(49)34-21-30(25-48(34)36(33)50)56-39(53)47-24-28-15-12-17-32(43)31(28)26-47/h7-10,12-17,29-30,33-34H,4-6,11,18-26H2,1-3H3,(H,44,52)(H,45,49)(H,46,51)/t29-,30-,33+,34+,42-/m1/s1. The SMILES string of the molecule is CC(C)(C)OC(=O)N[C@H]1CCCCCC=C[C@@H]2C[C@@]2(C(=O)NS(=O)(=O)C2(Cc3ccccc3)CC2)NC(=O)[C@@H]2C[C@@H](OC(=O)N3Cc4cccc(Cl)c4C3)CN2C1=O. The Labute approximate surface area is 344 Å². The van der Waals surface area contributed by atoms with Crippen LogP contribution in [0.2, 0.25) is 5.02 Å². The minimum atomic E-state index is -4.16. The third kappa shape index (κ3) is 9.00. The van der Waals surface area contributed by atoms with Crippen LogP contribution in [0, 0.1) is 5.92 Å². The average molecular weight is 838 g/mol. The highest BCUT2D eigenvalue weighted by atomic mass is 35.5. The van der Waals surface area contributed by atoms with Gasteiger partial charge < -0.3 is 25.0 Å². The second kappa shape index (κ2) is 16.2. The van der Waals surface area contributed by atoms with Crippen LogP contribution in [0.15, 0.2) is 60.7 Å². The maximum atomic E-state index is 14.5. The summed E-state index contributed by atoms with van der Waals surface area (Å²) in [5, 5.41) is 6.11. The first-order valence-electron chi connectivity index (χ1n) is 20.1. The topological polar surface area (TPSA) is 181 Å². The zero-order valence-electron chi connectivity index (χ0n) is 33.1. The highest BCUT2D eigenvalue weighted by Crippen LogP contribution is 2.49. The van der Waals surface area contributed by atoms with Gasteiger partial charge in [-0.25, -0.2) is 18.0 Å². The number of sulfonamides is 1. The zero-order valence-corrected chi connectivity index (χ0v) is 34.7. The Kier molecular flexibility index (Phi) is 11.6. The van der Waals surface area contributed by atoms with E-state index in [2.05, 4.69) is 15.4 Å². The summed E-state index contributed by atoms with van der Waals surface area (Å²) in [7, 11) is -4.16. The summed E-state index contributed by atoms with van der Waals surface area (Å²) in [6, 6.07) is 12.4. The normalized spacial score (nSPS) is 26.8. The van der Waals surface area contributed by atoms with Gasteiger partial charge in [0.15, 0.2) is 0 Å². The molecule has 3 aliphatic heterocycles. The van der Waals surface area contributed by atoms with E-state index < -0.39 is 79.9 Å². The molecule has 58 heavy (non-hydrogen) atoms. The van der Waals surface area contributed by atoms with Gasteiger partial charge in [0.25, 0.3) is 5.91 Å². The van der Waals surface area contributed by atoms with E-state index in [0.717, 1.165) is 29.5 Å². The fraction of sp³-hybridized carbons (Fsp3) is 0.548. The fourth-order valence-corrected chi connectivity index (χ4v) is 10.2. The van der Waals surface area contributed by atoms with Crippen LogP contribution in [0.3, 0.4) is 0 Å². The van der Waals surface area contributed by atoms with Crippen molar-refractivity contribution in [3.63, 3.8) is 0 Å². The van der Waals surface area contributed by atoms with Crippen molar-refractivity contribution in [2.24, 2.45) is 5.92 Å². The number of carbonyl (C=O) groups is 5. The molecule has 16 heteroatoms.